The number of rotatable bonds is 3. The lowest BCUT2D eigenvalue weighted by molar-refractivity contribution is 0.0532. The number of nitrogens with zero attached hydrogens (tertiary/aromatic N) is 5. The zero-order valence-corrected chi connectivity index (χ0v) is 14.0. The molecule has 1 unspecified atom stereocenters. The second-order valence-electron chi connectivity index (χ2n) is 5.63. The van der Waals surface area contributed by atoms with Gasteiger partial charge in [0.15, 0.2) is 0 Å². The summed E-state index contributed by atoms with van der Waals surface area (Å²) in [6.45, 7) is 4.30. The molecule has 3 heterocycles. The molecule has 6 nitrogen and oxygen atoms in total. The van der Waals surface area contributed by atoms with Gasteiger partial charge in [0, 0.05) is 39.1 Å². The molecule has 118 valence electrons. The molecule has 0 bridgehead atoms. The van der Waals surface area contributed by atoms with Crippen molar-refractivity contribution in [1.29, 1.82) is 0 Å². The molecule has 1 amide bonds. The van der Waals surface area contributed by atoms with Gasteiger partial charge in [-0.3, -0.25) is 9.69 Å². The highest BCUT2D eigenvalue weighted by Gasteiger charge is 2.32. The van der Waals surface area contributed by atoms with E-state index in [-0.39, 0.29) is 11.9 Å². The van der Waals surface area contributed by atoms with E-state index in [0.717, 1.165) is 35.9 Å². The number of imidazole rings is 1. The number of piperazine rings is 1. The average molecular weight is 319 g/mol. The minimum absolute atomic E-state index is 0.103. The third kappa shape index (κ3) is 2.66. The zero-order valence-electron chi connectivity index (χ0n) is 13.2. The maximum Gasteiger partial charge on any atom is 0.265 e. The lowest BCUT2D eigenvalue weighted by atomic mass is 10.1. The summed E-state index contributed by atoms with van der Waals surface area (Å²) in [6, 6.07) is 0.135. The molecule has 2 aromatic rings. The Bertz CT molecular complexity index is 664. The van der Waals surface area contributed by atoms with Crippen LogP contribution in [0, 0.1) is 0 Å². The Hall–Kier alpha value is -1.73. The summed E-state index contributed by atoms with van der Waals surface area (Å²) in [4.78, 5) is 26.5. The molecule has 3 rings (SSSR count). The first-order valence-corrected chi connectivity index (χ1v) is 8.38. The largest absolute Gasteiger partial charge is 0.337 e. The van der Waals surface area contributed by atoms with Crippen LogP contribution in [-0.2, 0) is 13.5 Å². The van der Waals surface area contributed by atoms with Crippen molar-refractivity contribution in [2.75, 3.05) is 26.7 Å². The number of hydrogen-bond acceptors (Lipinski definition) is 5. The van der Waals surface area contributed by atoms with Crippen molar-refractivity contribution in [2.45, 2.75) is 19.4 Å². The van der Waals surface area contributed by atoms with E-state index in [0.29, 0.717) is 6.54 Å². The molecule has 22 heavy (non-hydrogen) atoms. The van der Waals surface area contributed by atoms with Gasteiger partial charge in [-0.2, -0.15) is 0 Å². The van der Waals surface area contributed by atoms with Crippen LogP contribution in [0.4, 0.5) is 0 Å². The van der Waals surface area contributed by atoms with Crippen molar-refractivity contribution in [3.05, 3.63) is 34.3 Å². The van der Waals surface area contributed by atoms with Gasteiger partial charge in [0.1, 0.15) is 10.7 Å². The summed E-state index contributed by atoms with van der Waals surface area (Å²) in [7, 11) is 4.08. The quantitative estimate of drug-likeness (QED) is 0.862. The van der Waals surface area contributed by atoms with E-state index in [2.05, 4.69) is 21.9 Å². The van der Waals surface area contributed by atoms with Gasteiger partial charge in [0.05, 0.1) is 17.2 Å². The molecule has 1 saturated heterocycles. The molecule has 0 saturated carbocycles. The van der Waals surface area contributed by atoms with Gasteiger partial charge < -0.3 is 9.47 Å². The molecule has 1 aliphatic heterocycles. The summed E-state index contributed by atoms with van der Waals surface area (Å²) < 4.78 is 2.03. The van der Waals surface area contributed by atoms with Crippen molar-refractivity contribution in [3.63, 3.8) is 0 Å². The minimum Gasteiger partial charge on any atom is -0.337 e. The molecular weight excluding hydrogens is 298 g/mol. The van der Waals surface area contributed by atoms with Gasteiger partial charge in [-0.15, -0.1) is 11.3 Å². The lowest BCUT2D eigenvalue weighted by Gasteiger charge is -2.38. The molecule has 1 fully saturated rings. The van der Waals surface area contributed by atoms with Crippen molar-refractivity contribution >= 4 is 17.2 Å². The summed E-state index contributed by atoms with van der Waals surface area (Å²) in [6.07, 6.45) is 4.55. The highest BCUT2D eigenvalue weighted by Crippen LogP contribution is 2.25. The number of likely N-dealkylation sites (N-methyl/N-ethyl adjacent to an activating group) is 1. The molecule has 0 N–H and O–H groups in total. The summed E-state index contributed by atoms with van der Waals surface area (Å²) >= 11 is 1.44. The van der Waals surface area contributed by atoms with Crippen LogP contribution in [0.3, 0.4) is 0 Å². The van der Waals surface area contributed by atoms with Crippen LogP contribution in [0.5, 0.6) is 0 Å². The van der Waals surface area contributed by atoms with E-state index in [1.54, 1.807) is 5.51 Å². The second kappa shape index (κ2) is 6.18. The van der Waals surface area contributed by atoms with Crippen LogP contribution >= 0.6 is 11.3 Å². The third-order valence-electron chi connectivity index (χ3n) is 4.26. The maximum absolute atomic E-state index is 12.8. The van der Waals surface area contributed by atoms with Crippen LogP contribution in [0.1, 0.15) is 34.2 Å². The van der Waals surface area contributed by atoms with E-state index in [1.807, 2.05) is 35.8 Å². The number of aryl methyl sites for hydroxylation is 2. The molecule has 0 spiro atoms. The first-order valence-electron chi connectivity index (χ1n) is 7.51. The van der Waals surface area contributed by atoms with Crippen LogP contribution in [0.2, 0.25) is 0 Å². The van der Waals surface area contributed by atoms with Crippen molar-refractivity contribution in [1.82, 2.24) is 24.3 Å². The van der Waals surface area contributed by atoms with E-state index >= 15 is 0 Å². The van der Waals surface area contributed by atoms with Gasteiger partial charge in [-0.05, 0) is 13.5 Å². The van der Waals surface area contributed by atoms with E-state index < -0.39 is 0 Å². The first-order chi connectivity index (χ1) is 10.6. The molecular formula is C15H21N5OS. The fraction of sp³-hybridized carbons (Fsp3) is 0.533. The SMILES string of the molecule is CCc1ncsc1C(=O)N1CCN(C)C(c2nccn2C)C1. The number of thiazole rings is 1. The van der Waals surface area contributed by atoms with E-state index in [9.17, 15) is 4.79 Å². The first kappa shape index (κ1) is 15.2. The van der Waals surface area contributed by atoms with Gasteiger partial charge in [0.2, 0.25) is 0 Å². The number of hydrogen-bond donors (Lipinski definition) is 0. The standard InChI is InChI=1S/C15H21N5OS/c1-4-11-13(22-10-17-11)15(21)20-8-7-18(2)12(9-20)14-16-5-6-19(14)3/h5-6,10,12H,4,7-9H2,1-3H3. The van der Waals surface area contributed by atoms with Gasteiger partial charge in [0.25, 0.3) is 5.91 Å². The number of carbonyl (C=O) groups is 1. The Morgan fingerprint density at radius 3 is 2.86 bits per heavy atom. The van der Waals surface area contributed by atoms with Crippen LogP contribution in [0.15, 0.2) is 17.9 Å². The number of amides is 1. The lowest BCUT2D eigenvalue weighted by Crippen LogP contribution is -2.49. The predicted molar refractivity (Wildman–Crippen MR) is 86.0 cm³/mol. The zero-order chi connectivity index (χ0) is 15.7. The van der Waals surface area contributed by atoms with Crippen molar-refractivity contribution < 1.29 is 4.79 Å². The predicted octanol–water partition coefficient (Wildman–Crippen LogP) is 1.57. The van der Waals surface area contributed by atoms with Gasteiger partial charge in [-0.25, -0.2) is 9.97 Å². The number of aromatic nitrogens is 3. The molecule has 0 aliphatic carbocycles. The molecule has 1 aliphatic rings. The summed E-state index contributed by atoms with van der Waals surface area (Å²) in [5.74, 6) is 1.10. The average Bonchev–Trinajstić information content (AvgIpc) is 3.15. The fourth-order valence-corrected chi connectivity index (χ4v) is 3.72. The van der Waals surface area contributed by atoms with E-state index in [4.69, 9.17) is 0 Å². The highest BCUT2D eigenvalue weighted by atomic mass is 32.1. The van der Waals surface area contributed by atoms with Crippen LogP contribution < -0.4 is 0 Å². The normalized spacial score (nSPS) is 19.6. The smallest absolute Gasteiger partial charge is 0.265 e. The van der Waals surface area contributed by atoms with Crippen LogP contribution in [0.25, 0.3) is 0 Å². The molecule has 0 radical (unpaired) electrons. The van der Waals surface area contributed by atoms with Crippen molar-refractivity contribution in [2.24, 2.45) is 7.05 Å². The molecule has 2 aromatic heterocycles. The Kier molecular flexibility index (Phi) is 4.26. The molecule has 0 aromatic carbocycles. The monoisotopic (exact) mass is 319 g/mol. The summed E-state index contributed by atoms with van der Waals surface area (Å²) in [5.41, 5.74) is 2.67. The van der Waals surface area contributed by atoms with E-state index in [1.165, 1.54) is 11.3 Å². The minimum atomic E-state index is 0.103. The molecule has 1 atom stereocenters. The Morgan fingerprint density at radius 1 is 1.36 bits per heavy atom. The van der Waals surface area contributed by atoms with Crippen molar-refractivity contribution in [3.8, 4) is 0 Å². The third-order valence-corrected chi connectivity index (χ3v) is 5.12. The fourth-order valence-electron chi connectivity index (χ4n) is 2.87. The highest BCUT2D eigenvalue weighted by molar-refractivity contribution is 7.11. The Balaban J connectivity index is 1.81. The Labute approximate surface area is 134 Å². The second-order valence-corrected chi connectivity index (χ2v) is 6.48. The summed E-state index contributed by atoms with van der Waals surface area (Å²) in [5, 5.41) is 0. The molecule has 7 heteroatoms. The maximum atomic E-state index is 12.8. The Morgan fingerprint density at radius 2 is 2.18 bits per heavy atom. The van der Waals surface area contributed by atoms with Gasteiger partial charge >= 0.3 is 0 Å². The van der Waals surface area contributed by atoms with Gasteiger partial charge in [-0.1, -0.05) is 6.92 Å². The number of carbonyl (C=O) groups excluding carboxylic acids is 1. The topological polar surface area (TPSA) is 54.3 Å². The van der Waals surface area contributed by atoms with Crippen LogP contribution in [-0.4, -0.2) is 56.9 Å².